The molecule has 1 aromatic rings. The first kappa shape index (κ1) is 12.7. The zero-order valence-electron chi connectivity index (χ0n) is 9.81. The molecule has 0 aromatic heterocycles. The fraction of sp³-hybridized carbons (Fsp3) is 0.462. The van der Waals surface area contributed by atoms with Crippen molar-refractivity contribution in [1.82, 2.24) is 0 Å². The minimum Gasteiger partial charge on any atom is -0.293 e. The van der Waals surface area contributed by atoms with Gasteiger partial charge in [-0.25, -0.2) is 4.79 Å². The summed E-state index contributed by atoms with van der Waals surface area (Å²) >= 11 is 0. The summed E-state index contributed by atoms with van der Waals surface area (Å²) in [7, 11) is 0. The first-order chi connectivity index (χ1) is 7.77. The Bertz CT molecular complexity index is 308. The first-order valence-corrected chi connectivity index (χ1v) is 5.70. The van der Waals surface area contributed by atoms with Gasteiger partial charge in [-0.15, -0.1) is 0 Å². The molecule has 1 aromatic carbocycles. The zero-order chi connectivity index (χ0) is 11.8. The predicted octanol–water partition coefficient (Wildman–Crippen LogP) is 3.35. The number of hydrogen-bond donors (Lipinski definition) is 0. The molecule has 16 heavy (non-hydrogen) atoms. The molecule has 0 bridgehead atoms. The van der Waals surface area contributed by atoms with E-state index < -0.39 is 5.97 Å². The summed E-state index contributed by atoms with van der Waals surface area (Å²) in [5, 5.41) is 0. The normalized spacial score (nSPS) is 12.1. The van der Waals surface area contributed by atoms with Crippen LogP contribution in [0.1, 0.15) is 43.5 Å². The molecule has 0 fully saturated rings. The van der Waals surface area contributed by atoms with Crippen LogP contribution in [0.2, 0.25) is 0 Å². The van der Waals surface area contributed by atoms with E-state index in [1.807, 2.05) is 13.0 Å². The Hall–Kier alpha value is -1.35. The van der Waals surface area contributed by atoms with Crippen molar-refractivity contribution in [3.63, 3.8) is 0 Å². The third-order valence-electron chi connectivity index (χ3n) is 2.34. The van der Waals surface area contributed by atoms with E-state index >= 15 is 0 Å². The van der Waals surface area contributed by atoms with Gasteiger partial charge in [0.25, 0.3) is 0 Å². The Morgan fingerprint density at radius 3 is 2.50 bits per heavy atom. The van der Waals surface area contributed by atoms with Crippen molar-refractivity contribution in [2.45, 2.75) is 39.2 Å². The Labute approximate surface area is 96.3 Å². The highest BCUT2D eigenvalue weighted by atomic mass is 17.2. The quantitative estimate of drug-likeness (QED) is 0.547. The number of hydrogen-bond acceptors (Lipinski definition) is 3. The van der Waals surface area contributed by atoms with Crippen molar-refractivity contribution in [2.24, 2.45) is 0 Å². The number of rotatable bonds is 6. The molecule has 1 unspecified atom stereocenters. The molecular weight excluding hydrogens is 204 g/mol. The van der Waals surface area contributed by atoms with E-state index in [-0.39, 0.29) is 6.10 Å². The van der Waals surface area contributed by atoms with Gasteiger partial charge >= 0.3 is 5.97 Å². The molecule has 0 aliphatic carbocycles. The summed E-state index contributed by atoms with van der Waals surface area (Å²) in [6.45, 7) is 4.09. The minimum absolute atomic E-state index is 0.00216. The Kier molecular flexibility index (Phi) is 5.57. The largest absolute Gasteiger partial charge is 0.373 e. The van der Waals surface area contributed by atoms with Crippen LogP contribution in [0.4, 0.5) is 0 Å². The maximum atomic E-state index is 11.5. The van der Waals surface area contributed by atoms with Crippen molar-refractivity contribution in [2.75, 3.05) is 0 Å². The Morgan fingerprint density at radius 2 is 1.94 bits per heavy atom. The van der Waals surface area contributed by atoms with Gasteiger partial charge < -0.3 is 0 Å². The topological polar surface area (TPSA) is 35.5 Å². The van der Waals surface area contributed by atoms with Crippen LogP contribution in [0.25, 0.3) is 0 Å². The molecule has 0 spiro atoms. The Morgan fingerprint density at radius 1 is 1.25 bits per heavy atom. The molecule has 3 heteroatoms. The Balaban J connectivity index is 2.40. The standard InChI is InChI=1S/C13H18O3/c1-3-8-12(4-2)15-16-13(14)11-9-6-5-7-10-11/h5-7,9-10,12H,3-4,8H2,1-2H3. The van der Waals surface area contributed by atoms with Crippen LogP contribution >= 0.6 is 0 Å². The molecule has 3 nitrogen and oxygen atoms in total. The van der Waals surface area contributed by atoms with Gasteiger partial charge in [-0.1, -0.05) is 38.5 Å². The van der Waals surface area contributed by atoms with Gasteiger partial charge in [0.1, 0.15) is 6.10 Å². The van der Waals surface area contributed by atoms with Crippen molar-refractivity contribution in [1.29, 1.82) is 0 Å². The van der Waals surface area contributed by atoms with Gasteiger partial charge in [0, 0.05) is 0 Å². The summed E-state index contributed by atoms with van der Waals surface area (Å²) in [5.41, 5.74) is 0.508. The van der Waals surface area contributed by atoms with Crippen LogP contribution in [-0.4, -0.2) is 12.1 Å². The van der Waals surface area contributed by atoms with Gasteiger partial charge in [-0.05, 0) is 25.0 Å². The van der Waals surface area contributed by atoms with Crippen LogP contribution in [0, 0.1) is 0 Å². The average Bonchev–Trinajstić information content (AvgIpc) is 2.35. The lowest BCUT2D eigenvalue weighted by atomic mass is 10.2. The second-order valence-electron chi connectivity index (χ2n) is 3.65. The van der Waals surface area contributed by atoms with E-state index in [1.165, 1.54) is 0 Å². The van der Waals surface area contributed by atoms with Crippen LogP contribution in [0.5, 0.6) is 0 Å². The highest BCUT2D eigenvalue weighted by Crippen LogP contribution is 2.09. The maximum absolute atomic E-state index is 11.5. The number of carbonyl (C=O) groups is 1. The monoisotopic (exact) mass is 222 g/mol. The van der Waals surface area contributed by atoms with E-state index in [0.29, 0.717) is 5.56 Å². The van der Waals surface area contributed by atoms with E-state index in [2.05, 4.69) is 6.92 Å². The molecule has 88 valence electrons. The van der Waals surface area contributed by atoms with Crippen molar-refractivity contribution >= 4 is 5.97 Å². The van der Waals surface area contributed by atoms with Crippen molar-refractivity contribution in [3.8, 4) is 0 Å². The third-order valence-corrected chi connectivity index (χ3v) is 2.34. The summed E-state index contributed by atoms with van der Waals surface area (Å²) < 4.78 is 0. The van der Waals surface area contributed by atoms with Crippen LogP contribution in [0.3, 0.4) is 0 Å². The second kappa shape index (κ2) is 7.01. The average molecular weight is 222 g/mol. The van der Waals surface area contributed by atoms with Gasteiger partial charge in [0.05, 0.1) is 5.56 Å². The molecule has 0 heterocycles. The third kappa shape index (κ3) is 4.03. The van der Waals surface area contributed by atoms with Gasteiger partial charge in [-0.2, -0.15) is 4.89 Å². The lowest BCUT2D eigenvalue weighted by Crippen LogP contribution is -2.15. The first-order valence-electron chi connectivity index (χ1n) is 5.70. The summed E-state index contributed by atoms with van der Waals surface area (Å²) in [6.07, 6.45) is 2.76. The zero-order valence-corrected chi connectivity index (χ0v) is 9.81. The van der Waals surface area contributed by atoms with Crippen LogP contribution < -0.4 is 0 Å². The molecule has 0 aliphatic heterocycles. The highest BCUT2D eigenvalue weighted by Gasteiger charge is 2.12. The molecule has 0 saturated carbocycles. The summed E-state index contributed by atoms with van der Waals surface area (Å²) in [6, 6.07) is 8.84. The molecule has 0 N–H and O–H groups in total. The lowest BCUT2D eigenvalue weighted by molar-refractivity contribution is -0.276. The van der Waals surface area contributed by atoms with Crippen molar-refractivity contribution < 1.29 is 14.6 Å². The van der Waals surface area contributed by atoms with Gasteiger partial charge in [0.2, 0.25) is 0 Å². The van der Waals surface area contributed by atoms with Crippen LogP contribution in [-0.2, 0) is 9.78 Å². The van der Waals surface area contributed by atoms with E-state index in [1.54, 1.807) is 24.3 Å². The van der Waals surface area contributed by atoms with Gasteiger partial charge in [-0.3, -0.25) is 4.89 Å². The fourth-order valence-electron chi connectivity index (χ4n) is 1.38. The van der Waals surface area contributed by atoms with E-state index in [4.69, 9.17) is 9.78 Å². The van der Waals surface area contributed by atoms with Gasteiger partial charge in [0.15, 0.2) is 0 Å². The predicted molar refractivity (Wildman–Crippen MR) is 61.9 cm³/mol. The molecule has 0 radical (unpaired) electrons. The second-order valence-corrected chi connectivity index (χ2v) is 3.65. The molecule has 0 aliphatic rings. The van der Waals surface area contributed by atoms with Crippen LogP contribution in [0.15, 0.2) is 30.3 Å². The summed E-state index contributed by atoms with van der Waals surface area (Å²) in [4.78, 5) is 21.4. The van der Waals surface area contributed by atoms with E-state index in [0.717, 1.165) is 19.3 Å². The molecule has 0 amide bonds. The number of carbonyl (C=O) groups excluding carboxylic acids is 1. The lowest BCUT2D eigenvalue weighted by Gasteiger charge is -2.12. The SMILES string of the molecule is CCCC(CC)OOC(=O)c1ccccc1. The number of benzene rings is 1. The molecular formula is C13H18O3. The fourth-order valence-corrected chi connectivity index (χ4v) is 1.38. The van der Waals surface area contributed by atoms with E-state index in [9.17, 15) is 4.79 Å². The van der Waals surface area contributed by atoms with Crippen molar-refractivity contribution in [3.05, 3.63) is 35.9 Å². The minimum atomic E-state index is -0.435. The highest BCUT2D eigenvalue weighted by molar-refractivity contribution is 5.88. The molecule has 1 atom stereocenters. The molecule has 0 saturated heterocycles. The maximum Gasteiger partial charge on any atom is 0.373 e. The smallest absolute Gasteiger partial charge is 0.293 e. The molecule has 1 rings (SSSR count). The summed E-state index contributed by atoms with van der Waals surface area (Å²) in [5.74, 6) is -0.435.